The molecule has 24 heavy (non-hydrogen) atoms. The smallest absolute Gasteiger partial charge is 0.858 e. The van der Waals surface area contributed by atoms with E-state index in [4.69, 9.17) is 9.63 Å². The third-order valence-corrected chi connectivity index (χ3v) is 3.99. The molecule has 0 unspecified atom stereocenters. The molecule has 1 fully saturated rings. The van der Waals surface area contributed by atoms with Gasteiger partial charge in [-0.15, -0.1) is 0 Å². The molecule has 0 aromatic carbocycles. The molecule has 124 valence electrons. The first kappa shape index (κ1) is 24.8. The van der Waals surface area contributed by atoms with Gasteiger partial charge in [0.1, 0.15) is 30.6 Å². The summed E-state index contributed by atoms with van der Waals surface area (Å²) in [6.07, 6.45) is -8.37. The van der Waals surface area contributed by atoms with Crippen LogP contribution in [0, 0.1) is 0 Å². The first-order valence-electron chi connectivity index (χ1n) is 6.09. The van der Waals surface area contributed by atoms with Gasteiger partial charge in [-0.05, 0) is 11.9 Å². The molecule has 1 aromatic heterocycles. The average molecular weight is 382 g/mol. The molecule has 2 heterocycles. The topological polar surface area (TPSA) is 194 Å². The minimum absolute atomic E-state index is 0. The molecule has 1 aliphatic heterocycles. The summed E-state index contributed by atoms with van der Waals surface area (Å²) in [7, 11) is -4.82. The predicted molar refractivity (Wildman–Crippen MR) is 63.9 cm³/mol. The van der Waals surface area contributed by atoms with Crippen molar-refractivity contribution in [2.24, 2.45) is 0 Å². The summed E-state index contributed by atoms with van der Waals surface area (Å²) in [4.78, 5) is 44.9. The number of ether oxygens (including phenoxy) is 1. The van der Waals surface area contributed by atoms with Crippen molar-refractivity contribution in [2.75, 3.05) is 6.16 Å². The Morgan fingerprint density at radius 2 is 1.92 bits per heavy atom. The van der Waals surface area contributed by atoms with Crippen molar-refractivity contribution < 1.29 is 99.0 Å². The Morgan fingerprint density at radius 1 is 1.33 bits per heavy atom. The Morgan fingerprint density at radius 3 is 2.42 bits per heavy atom. The number of hydrogen-bond donors (Lipinski definition) is 4. The van der Waals surface area contributed by atoms with Crippen molar-refractivity contribution in [1.82, 2.24) is 9.55 Å². The number of aliphatic hydroxyl groups excluding tert-OH is 3. The molecule has 5 atom stereocenters. The quantitative estimate of drug-likeness (QED) is 0.287. The Hall–Kier alpha value is 0.830. The van der Waals surface area contributed by atoms with Crippen molar-refractivity contribution in [3.63, 3.8) is 0 Å². The van der Waals surface area contributed by atoms with Gasteiger partial charge in [0.25, 0.3) is 0 Å². The van der Waals surface area contributed by atoms with Crippen molar-refractivity contribution >= 4 is 7.94 Å². The number of rotatable bonds is 4. The van der Waals surface area contributed by atoms with Crippen LogP contribution in [0.3, 0.4) is 0 Å². The molecule has 0 radical (unpaired) electrons. The van der Waals surface area contributed by atoms with Gasteiger partial charge in [-0.2, -0.15) is 0 Å². The second kappa shape index (κ2) is 9.67. The van der Waals surface area contributed by atoms with Gasteiger partial charge >= 0.3 is 64.8 Å². The predicted octanol–water partition coefficient (Wildman–Crippen LogP) is -11.2. The van der Waals surface area contributed by atoms with Crippen LogP contribution in [0.5, 0.6) is 5.88 Å². The SMILES string of the molecule is O=c1nc([O-])ccn1[C@@H]1O[C@H]([C@H](O)C[P+]([O-])([O-])O)[C@@H](O)[C@H]1O.[Na+].[Na+]. The Bertz CT molecular complexity index is 598. The molecule has 0 spiro atoms. The minimum atomic E-state index is -4.82. The van der Waals surface area contributed by atoms with Crippen LogP contribution in [0.25, 0.3) is 0 Å². The first-order chi connectivity index (χ1) is 10.1. The summed E-state index contributed by atoms with van der Waals surface area (Å²) >= 11 is 0. The van der Waals surface area contributed by atoms with Crippen molar-refractivity contribution in [3.05, 3.63) is 22.7 Å². The molecule has 0 aliphatic carbocycles. The monoisotopic (exact) mass is 382 g/mol. The molecule has 11 nitrogen and oxygen atoms in total. The van der Waals surface area contributed by atoms with E-state index < -0.39 is 56.3 Å². The maximum absolute atomic E-state index is 11.6. The summed E-state index contributed by atoms with van der Waals surface area (Å²) in [5, 5.41) is 40.2. The first-order valence-corrected chi connectivity index (χ1v) is 7.85. The Balaban J connectivity index is 0.00000264. The van der Waals surface area contributed by atoms with E-state index in [1.54, 1.807) is 0 Å². The third kappa shape index (κ3) is 5.93. The normalized spacial score (nSPS) is 27.9. The van der Waals surface area contributed by atoms with E-state index in [2.05, 4.69) is 4.98 Å². The van der Waals surface area contributed by atoms with Crippen LogP contribution in [-0.2, 0) is 4.74 Å². The van der Waals surface area contributed by atoms with Crippen molar-refractivity contribution in [1.29, 1.82) is 0 Å². The standard InChI is InChI=1S/C10H15N2O9P.2Na/c13-4(3-22(18,19)20)8-6(15)7(16)9(21-8)12-2-1-5(14)11-10(12)17;;/h1-2,4,6-9,13,15-16H,3H2,(H,11,14,17)(H2,18,19,20);;/q;2*+1/p-2/t4-,6+,7-,8-,9-;;/m1../s1. The fraction of sp³-hybridized carbons (Fsp3) is 0.600. The summed E-state index contributed by atoms with van der Waals surface area (Å²) in [5.41, 5.74) is -1.05. The second-order valence-corrected chi connectivity index (χ2v) is 6.46. The van der Waals surface area contributed by atoms with Crippen LogP contribution in [0.2, 0.25) is 0 Å². The number of aromatic nitrogens is 2. The molecule has 1 saturated heterocycles. The number of nitrogens with zero attached hydrogens (tertiary/aromatic N) is 2. The van der Waals surface area contributed by atoms with Gasteiger partial charge in [0.15, 0.2) is 6.23 Å². The fourth-order valence-electron chi connectivity index (χ4n) is 2.16. The molecule has 0 saturated carbocycles. The maximum Gasteiger partial charge on any atom is 1.00 e. The molecule has 0 bridgehead atoms. The summed E-state index contributed by atoms with van der Waals surface area (Å²) in [5.74, 6) is -0.807. The summed E-state index contributed by atoms with van der Waals surface area (Å²) in [6, 6.07) is 0.924. The van der Waals surface area contributed by atoms with E-state index in [9.17, 15) is 35.0 Å². The number of aliphatic hydroxyl groups is 3. The average Bonchev–Trinajstić information content (AvgIpc) is 2.65. The van der Waals surface area contributed by atoms with Crippen LogP contribution in [0.4, 0.5) is 0 Å². The van der Waals surface area contributed by atoms with E-state index in [1.165, 1.54) is 0 Å². The summed E-state index contributed by atoms with van der Waals surface area (Å²) in [6.45, 7) is 0. The van der Waals surface area contributed by atoms with Crippen molar-refractivity contribution in [3.8, 4) is 5.88 Å². The van der Waals surface area contributed by atoms with Crippen molar-refractivity contribution in [2.45, 2.75) is 30.6 Å². The minimum Gasteiger partial charge on any atom is -0.858 e. The molecule has 0 amide bonds. The van der Waals surface area contributed by atoms with Gasteiger partial charge < -0.3 is 34.9 Å². The van der Waals surface area contributed by atoms with E-state index in [1.807, 2.05) is 0 Å². The van der Waals surface area contributed by atoms with E-state index in [0.717, 1.165) is 16.8 Å². The van der Waals surface area contributed by atoms with E-state index in [-0.39, 0.29) is 59.1 Å². The Labute approximate surface area is 180 Å². The zero-order valence-corrected chi connectivity index (χ0v) is 17.8. The molecular formula is C10H13N2Na2O9P. The van der Waals surface area contributed by atoms with Gasteiger partial charge in [0.2, 0.25) is 0 Å². The van der Waals surface area contributed by atoms with Gasteiger partial charge in [-0.1, -0.05) is 0 Å². The van der Waals surface area contributed by atoms with Crippen LogP contribution < -0.4 is 79.7 Å². The third-order valence-electron chi connectivity index (χ3n) is 3.15. The summed E-state index contributed by atoms with van der Waals surface area (Å²) < 4.78 is 5.82. The fourth-order valence-corrected chi connectivity index (χ4v) is 2.85. The van der Waals surface area contributed by atoms with Crippen LogP contribution in [-0.4, -0.2) is 60.3 Å². The van der Waals surface area contributed by atoms with Crippen LogP contribution >= 0.6 is 7.94 Å². The molecular weight excluding hydrogens is 369 g/mol. The zero-order valence-electron chi connectivity index (χ0n) is 12.9. The molecule has 1 aliphatic rings. The van der Waals surface area contributed by atoms with Gasteiger partial charge in [0.05, 0.1) is 0 Å². The largest absolute Gasteiger partial charge is 1.00 e. The van der Waals surface area contributed by atoms with Crippen LogP contribution in [0.15, 0.2) is 17.1 Å². The van der Waals surface area contributed by atoms with Gasteiger partial charge in [-0.3, -0.25) is 9.46 Å². The molecule has 2 rings (SSSR count). The van der Waals surface area contributed by atoms with Gasteiger partial charge in [-0.25, -0.2) is 9.78 Å². The maximum atomic E-state index is 11.6. The van der Waals surface area contributed by atoms with Gasteiger partial charge in [0, 0.05) is 14.1 Å². The van der Waals surface area contributed by atoms with E-state index >= 15 is 0 Å². The van der Waals surface area contributed by atoms with E-state index in [0.29, 0.717) is 0 Å². The molecule has 4 N–H and O–H groups in total. The Kier molecular flexibility index (Phi) is 10.0. The molecule has 14 heteroatoms. The second-order valence-electron chi connectivity index (χ2n) is 4.82. The van der Waals surface area contributed by atoms with Crippen LogP contribution in [0.1, 0.15) is 6.23 Å². The molecule has 1 aromatic rings. The number of hydrogen-bond acceptors (Lipinski definition) is 10. The zero-order chi connectivity index (χ0) is 16.7.